The van der Waals surface area contributed by atoms with Gasteiger partial charge < -0.3 is 13.7 Å². The van der Waals surface area contributed by atoms with Gasteiger partial charge in [-0.05, 0) is 80.6 Å². The predicted octanol–water partition coefficient (Wildman–Crippen LogP) is 11.3. The first-order valence-corrected chi connectivity index (χ1v) is 18.4. The number of nitrogens with zero attached hydrogens (tertiary/aromatic N) is 7. The highest BCUT2D eigenvalue weighted by Gasteiger charge is 2.21. The fourth-order valence-electron chi connectivity index (χ4n) is 8.65. The molecule has 0 atom stereocenters. The van der Waals surface area contributed by atoms with E-state index in [-0.39, 0.29) is 0 Å². The van der Waals surface area contributed by atoms with E-state index in [0.29, 0.717) is 23.0 Å². The first kappa shape index (κ1) is 31.0. The van der Waals surface area contributed by atoms with Gasteiger partial charge in [-0.25, -0.2) is 15.0 Å². The van der Waals surface area contributed by atoms with Crippen LogP contribution in [0.5, 0.6) is 0 Å². The topological polar surface area (TPSA) is 77.2 Å². The summed E-state index contributed by atoms with van der Waals surface area (Å²) in [6.07, 6.45) is 0. The van der Waals surface area contributed by atoms with Gasteiger partial charge in [0.25, 0.3) is 0 Å². The molecule has 55 heavy (non-hydrogen) atoms. The molecular weight excluding hydrogens is 675 g/mol. The monoisotopic (exact) mass is 705 g/mol. The summed E-state index contributed by atoms with van der Waals surface area (Å²) in [7, 11) is 0. The molecule has 0 bridgehead atoms. The van der Waals surface area contributed by atoms with Crippen LogP contribution in [0.15, 0.2) is 152 Å². The van der Waals surface area contributed by atoms with Crippen molar-refractivity contribution in [3.63, 3.8) is 0 Å². The van der Waals surface area contributed by atoms with Crippen molar-refractivity contribution in [1.82, 2.24) is 28.7 Å². The third kappa shape index (κ3) is 4.58. The number of benzene rings is 7. The third-order valence-electron chi connectivity index (χ3n) is 10.9. The first-order valence-electron chi connectivity index (χ1n) is 18.4. The number of fused-ring (bicyclic) bond motifs is 9. The zero-order valence-electron chi connectivity index (χ0n) is 30.1. The molecule has 0 saturated carbocycles. The van der Waals surface area contributed by atoms with Gasteiger partial charge in [0.15, 0.2) is 5.82 Å². The second-order valence-electron chi connectivity index (χ2n) is 14.1. The minimum Gasteiger partial charge on any atom is -0.309 e. The summed E-state index contributed by atoms with van der Waals surface area (Å²) < 4.78 is 7.03. The van der Waals surface area contributed by atoms with Crippen LogP contribution in [0.3, 0.4) is 0 Å². The Kier molecular flexibility index (Phi) is 6.61. The summed E-state index contributed by atoms with van der Waals surface area (Å²) in [5.41, 5.74) is 10.9. The van der Waals surface area contributed by atoms with Gasteiger partial charge >= 0.3 is 0 Å². The van der Waals surface area contributed by atoms with E-state index in [1.54, 1.807) is 0 Å². The number of para-hydroxylation sites is 4. The van der Waals surface area contributed by atoms with Crippen molar-refractivity contribution in [3.05, 3.63) is 169 Å². The van der Waals surface area contributed by atoms with E-state index in [1.165, 1.54) is 21.5 Å². The lowest BCUT2D eigenvalue weighted by Crippen LogP contribution is -2.04. The van der Waals surface area contributed by atoms with E-state index in [4.69, 9.17) is 9.97 Å². The van der Waals surface area contributed by atoms with Crippen LogP contribution in [0.25, 0.3) is 93.9 Å². The summed E-state index contributed by atoms with van der Waals surface area (Å²) in [5.74, 6) is 1.78. The molecule has 0 saturated heterocycles. The van der Waals surface area contributed by atoms with Crippen molar-refractivity contribution in [1.29, 1.82) is 5.26 Å². The Hall–Kier alpha value is -7.56. The molecule has 0 aliphatic heterocycles. The van der Waals surface area contributed by atoms with E-state index < -0.39 is 0 Å². The van der Waals surface area contributed by atoms with Crippen molar-refractivity contribution in [2.45, 2.75) is 13.8 Å². The second kappa shape index (κ2) is 11.7. The number of nitriles is 1. The van der Waals surface area contributed by atoms with Gasteiger partial charge in [-0.1, -0.05) is 84.9 Å². The van der Waals surface area contributed by atoms with Crippen LogP contribution in [-0.2, 0) is 0 Å². The van der Waals surface area contributed by atoms with Crippen LogP contribution in [-0.4, -0.2) is 28.7 Å². The molecule has 7 nitrogen and oxygen atoms in total. The standard InChI is InChI=1S/C48H31N7/c1-29-50-30(2)52-48(51-29)40-25-31(28-49)19-24-45(40)55-46-26-32(53-41-15-7-3-11-34(41)35-12-4-8-16-42(35)53)20-22-38(46)39-23-21-33(27-47(39)55)54-43-17-9-5-13-36(43)37-14-6-10-18-44(37)54/h3-27H,1-2H3. The molecule has 7 aromatic carbocycles. The SMILES string of the molecule is Cc1nc(C)nc(-c2cc(C#N)ccc2-n2c3cc(-n4c5ccccc5c5ccccc54)ccc3c3ccc(-n4c5ccccc5c5ccccc54)cc32)n1. The lowest BCUT2D eigenvalue weighted by atomic mass is 10.1. The van der Waals surface area contributed by atoms with Crippen LogP contribution >= 0.6 is 0 Å². The normalized spacial score (nSPS) is 11.8. The van der Waals surface area contributed by atoms with E-state index in [2.05, 4.69) is 158 Å². The minimum atomic E-state index is 0.532. The molecule has 7 heteroatoms. The van der Waals surface area contributed by atoms with Crippen LogP contribution in [0, 0.1) is 25.2 Å². The Labute approximate surface area is 315 Å². The van der Waals surface area contributed by atoms with Crippen molar-refractivity contribution >= 4 is 65.4 Å². The minimum absolute atomic E-state index is 0.532. The fraction of sp³-hybridized carbons (Fsp3) is 0.0417. The molecule has 0 spiro atoms. The maximum Gasteiger partial charge on any atom is 0.165 e. The summed E-state index contributed by atoms with van der Waals surface area (Å²) in [5, 5.41) is 17.2. The van der Waals surface area contributed by atoms with E-state index in [1.807, 2.05) is 32.0 Å². The Bertz CT molecular complexity index is 3130. The van der Waals surface area contributed by atoms with E-state index in [0.717, 1.165) is 66.5 Å². The number of rotatable bonds is 4. The molecular formula is C48H31N7. The van der Waals surface area contributed by atoms with Crippen LogP contribution in [0.1, 0.15) is 17.2 Å². The number of aryl methyl sites for hydroxylation is 2. The average Bonchev–Trinajstić information content (AvgIpc) is 3.85. The quantitative estimate of drug-likeness (QED) is 0.183. The number of aromatic nitrogens is 6. The zero-order valence-corrected chi connectivity index (χ0v) is 30.1. The largest absolute Gasteiger partial charge is 0.309 e. The molecule has 0 unspecified atom stereocenters. The maximum atomic E-state index is 10.1. The van der Waals surface area contributed by atoms with Gasteiger partial charge in [0.1, 0.15) is 11.6 Å². The zero-order chi connectivity index (χ0) is 36.8. The summed E-state index contributed by atoms with van der Waals surface area (Å²) in [6, 6.07) is 56.1. The van der Waals surface area contributed by atoms with Crippen molar-refractivity contribution in [2.24, 2.45) is 0 Å². The highest BCUT2D eigenvalue weighted by molar-refractivity contribution is 6.14. The van der Waals surface area contributed by atoms with Gasteiger partial charge in [0.05, 0.1) is 50.4 Å². The smallest absolute Gasteiger partial charge is 0.165 e. The van der Waals surface area contributed by atoms with Gasteiger partial charge in [-0.15, -0.1) is 0 Å². The molecule has 0 radical (unpaired) electrons. The fourth-order valence-corrected chi connectivity index (χ4v) is 8.65. The Morgan fingerprint density at radius 1 is 0.418 bits per heavy atom. The van der Waals surface area contributed by atoms with Crippen LogP contribution in [0.2, 0.25) is 0 Å². The molecule has 0 N–H and O–H groups in total. The van der Waals surface area contributed by atoms with Crippen LogP contribution in [0.4, 0.5) is 0 Å². The average molecular weight is 706 g/mol. The summed E-state index contributed by atoms with van der Waals surface area (Å²) in [4.78, 5) is 14.1. The lowest BCUT2D eigenvalue weighted by molar-refractivity contribution is 0.926. The molecule has 258 valence electrons. The third-order valence-corrected chi connectivity index (χ3v) is 10.9. The molecule has 0 aliphatic carbocycles. The lowest BCUT2D eigenvalue weighted by Gasteiger charge is -2.16. The van der Waals surface area contributed by atoms with Gasteiger partial charge in [0.2, 0.25) is 0 Å². The molecule has 11 rings (SSSR count). The van der Waals surface area contributed by atoms with E-state index in [9.17, 15) is 5.26 Å². The molecule has 4 aromatic heterocycles. The van der Waals surface area contributed by atoms with E-state index >= 15 is 0 Å². The molecule has 11 aromatic rings. The molecule has 0 amide bonds. The van der Waals surface area contributed by atoms with Crippen molar-refractivity contribution < 1.29 is 0 Å². The van der Waals surface area contributed by atoms with Gasteiger partial charge in [0, 0.05) is 49.3 Å². The second-order valence-corrected chi connectivity index (χ2v) is 14.1. The molecule has 4 heterocycles. The number of hydrogen-bond acceptors (Lipinski definition) is 4. The van der Waals surface area contributed by atoms with Gasteiger partial charge in [-0.3, -0.25) is 0 Å². The Morgan fingerprint density at radius 3 is 1.27 bits per heavy atom. The molecule has 0 aliphatic rings. The number of hydrogen-bond donors (Lipinski definition) is 0. The first-order chi connectivity index (χ1) is 27.1. The summed E-state index contributed by atoms with van der Waals surface area (Å²) in [6.45, 7) is 3.75. The summed E-state index contributed by atoms with van der Waals surface area (Å²) >= 11 is 0. The highest BCUT2D eigenvalue weighted by Crippen LogP contribution is 2.41. The van der Waals surface area contributed by atoms with Gasteiger partial charge in [-0.2, -0.15) is 5.26 Å². The maximum absolute atomic E-state index is 10.1. The Morgan fingerprint density at radius 2 is 0.836 bits per heavy atom. The van der Waals surface area contributed by atoms with Crippen LogP contribution < -0.4 is 0 Å². The van der Waals surface area contributed by atoms with Crippen molar-refractivity contribution in [2.75, 3.05) is 0 Å². The predicted molar refractivity (Wildman–Crippen MR) is 222 cm³/mol. The van der Waals surface area contributed by atoms with Crippen molar-refractivity contribution in [3.8, 4) is 34.5 Å². The molecule has 0 fully saturated rings. The highest BCUT2D eigenvalue weighted by atomic mass is 15.1. The Balaban J connectivity index is 1.27.